The lowest BCUT2D eigenvalue weighted by atomic mass is 9.78. The monoisotopic (exact) mass is 718 g/mol. The van der Waals surface area contributed by atoms with Crippen molar-refractivity contribution in [2.75, 3.05) is 7.11 Å². The standard InChI is InChI=1S/C54H54O/c1-32-28-36(53(5,6)7)29-33(2)46(32)48-38-20-12-16-24-42(38)50(43-25-17-13-21-39(43)48)52(55-11)51-44-26-18-14-22-40(44)49(41-23-15-19-27-45(41)51)47-34(3)30-37(31-35(47)4)54(8,9)10/h12-31,52H,1-11H3. The minimum absolute atomic E-state index is 0.0715. The molecule has 0 aliphatic carbocycles. The predicted octanol–water partition coefficient (Wildman–Crippen LogP) is 15.2. The van der Waals surface area contributed by atoms with Crippen molar-refractivity contribution in [1.82, 2.24) is 0 Å². The third-order valence-electron chi connectivity index (χ3n) is 12.0. The molecular formula is C54H54O. The second-order valence-corrected chi connectivity index (χ2v) is 17.8. The van der Waals surface area contributed by atoms with Crippen LogP contribution in [-0.4, -0.2) is 7.11 Å². The van der Waals surface area contributed by atoms with Crippen LogP contribution < -0.4 is 0 Å². The van der Waals surface area contributed by atoms with Crippen LogP contribution in [0.4, 0.5) is 0 Å². The number of hydrogen-bond donors (Lipinski definition) is 0. The van der Waals surface area contributed by atoms with Gasteiger partial charge in [0.05, 0.1) is 0 Å². The first kappa shape index (κ1) is 36.7. The average Bonchev–Trinajstić information content (AvgIpc) is 3.14. The molecule has 8 aromatic carbocycles. The van der Waals surface area contributed by atoms with E-state index in [9.17, 15) is 0 Å². The maximum atomic E-state index is 6.85. The molecule has 8 aromatic rings. The molecule has 0 amide bonds. The Labute approximate surface area is 328 Å². The van der Waals surface area contributed by atoms with E-state index in [4.69, 9.17) is 4.74 Å². The zero-order valence-electron chi connectivity index (χ0n) is 34.5. The molecule has 8 rings (SSSR count). The number of methoxy groups -OCH3 is 1. The van der Waals surface area contributed by atoms with Gasteiger partial charge in [-0.1, -0.05) is 163 Å². The van der Waals surface area contributed by atoms with Crippen LogP contribution in [0, 0.1) is 27.7 Å². The van der Waals surface area contributed by atoms with E-state index in [1.807, 2.05) is 7.11 Å². The first-order valence-corrected chi connectivity index (χ1v) is 19.8. The Morgan fingerprint density at radius 1 is 0.364 bits per heavy atom. The van der Waals surface area contributed by atoms with Gasteiger partial charge in [0, 0.05) is 18.2 Å². The number of ether oxygens (including phenoxy) is 1. The van der Waals surface area contributed by atoms with E-state index < -0.39 is 0 Å². The fourth-order valence-electron chi connectivity index (χ4n) is 9.39. The van der Waals surface area contributed by atoms with Crippen LogP contribution in [0.5, 0.6) is 0 Å². The second kappa shape index (κ2) is 13.5. The van der Waals surface area contributed by atoms with Crippen LogP contribution in [0.2, 0.25) is 0 Å². The number of hydrogen-bond acceptors (Lipinski definition) is 1. The van der Waals surface area contributed by atoms with E-state index in [0.29, 0.717) is 0 Å². The molecule has 0 saturated heterocycles. The van der Waals surface area contributed by atoms with Crippen molar-refractivity contribution in [2.45, 2.75) is 86.2 Å². The van der Waals surface area contributed by atoms with E-state index >= 15 is 0 Å². The van der Waals surface area contributed by atoms with Gasteiger partial charge in [-0.05, 0) is 137 Å². The number of rotatable bonds is 5. The lowest BCUT2D eigenvalue weighted by molar-refractivity contribution is 0.141. The van der Waals surface area contributed by atoms with E-state index in [-0.39, 0.29) is 16.9 Å². The topological polar surface area (TPSA) is 9.23 Å². The first-order chi connectivity index (χ1) is 26.2. The Morgan fingerprint density at radius 3 is 0.818 bits per heavy atom. The predicted molar refractivity (Wildman–Crippen MR) is 239 cm³/mol. The Hall–Kier alpha value is -5.24. The molecule has 0 fully saturated rings. The normalized spacial score (nSPS) is 12.5. The first-order valence-electron chi connectivity index (χ1n) is 19.8. The summed E-state index contributed by atoms with van der Waals surface area (Å²) in [5.41, 5.74) is 15.8. The summed E-state index contributed by atoms with van der Waals surface area (Å²) in [5, 5.41) is 9.91. The van der Waals surface area contributed by atoms with Crippen molar-refractivity contribution in [3.05, 3.63) is 166 Å². The average molecular weight is 719 g/mol. The quantitative estimate of drug-likeness (QED) is 0.161. The van der Waals surface area contributed by atoms with Crippen molar-refractivity contribution in [2.24, 2.45) is 0 Å². The van der Waals surface area contributed by atoms with Crippen molar-refractivity contribution >= 4 is 43.1 Å². The van der Waals surface area contributed by atoms with Gasteiger partial charge in [-0.2, -0.15) is 0 Å². The molecule has 0 aliphatic rings. The lowest BCUT2D eigenvalue weighted by Crippen LogP contribution is -2.12. The number of benzene rings is 8. The van der Waals surface area contributed by atoms with Crippen LogP contribution >= 0.6 is 0 Å². The van der Waals surface area contributed by atoms with E-state index in [1.54, 1.807) is 0 Å². The molecule has 276 valence electrons. The summed E-state index contributed by atoms with van der Waals surface area (Å²) in [6.07, 6.45) is -0.330. The molecule has 0 bridgehead atoms. The van der Waals surface area contributed by atoms with Gasteiger partial charge in [-0.15, -0.1) is 0 Å². The molecule has 0 atom stereocenters. The lowest BCUT2D eigenvalue weighted by Gasteiger charge is -2.28. The summed E-state index contributed by atoms with van der Waals surface area (Å²) in [5.74, 6) is 0. The van der Waals surface area contributed by atoms with Crippen LogP contribution in [-0.2, 0) is 15.6 Å². The Bertz CT molecular complexity index is 2450. The summed E-state index contributed by atoms with van der Waals surface area (Å²) in [6, 6.07) is 45.6. The van der Waals surface area contributed by atoms with Crippen LogP contribution in [0.25, 0.3) is 65.3 Å². The maximum absolute atomic E-state index is 6.85. The molecule has 0 aliphatic heterocycles. The van der Waals surface area contributed by atoms with Gasteiger partial charge in [-0.3, -0.25) is 0 Å². The molecule has 0 aromatic heterocycles. The van der Waals surface area contributed by atoms with Gasteiger partial charge < -0.3 is 4.74 Å². The number of aryl methyl sites for hydroxylation is 4. The van der Waals surface area contributed by atoms with Crippen molar-refractivity contribution in [3.8, 4) is 22.3 Å². The van der Waals surface area contributed by atoms with E-state index in [2.05, 4.69) is 191 Å². The van der Waals surface area contributed by atoms with Crippen molar-refractivity contribution in [3.63, 3.8) is 0 Å². The molecule has 0 unspecified atom stereocenters. The molecule has 1 heteroatoms. The van der Waals surface area contributed by atoms with Gasteiger partial charge in [0.25, 0.3) is 0 Å². The highest BCUT2D eigenvalue weighted by atomic mass is 16.5. The fourth-order valence-corrected chi connectivity index (χ4v) is 9.39. The highest BCUT2D eigenvalue weighted by Crippen LogP contribution is 2.50. The molecular weight excluding hydrogens is 665 g/mol. The third-order valence-corrected chi connectivity index (χ3v) is 12.0. The van der Waals surface area contributed by atoms with Gasteiger partial charge >= 0.3 is 0 Å². The second-order valence-electron chi connectivity index (χ2n) is 17.8. The summed E-state index contributed by atoms with van der Waals surface area (Å²) >= 11 is 0. The molecule has 0 radical (unpaired) electrons. The Kier molecular flexibility index (Phi) is 9.01. The summed E-state index contributed by atoms with van der Waals surface area (Å²) in [4.78, 5) is 0. The molecule has 0 heterocycles. The zero-order chi connectivity index (χ0) is 39.0. The minimum Gasteiger partial charge on any atom is -0.372 e. The minimum atomic E-state index is -0.330. The van der Waals surface area contributed by atoms with Gasteiger partial charge in [0.15, 0.2) is 0 Å². The molecule has 1 nitrogen and oxygen atoms in total. The summed E-state index contributed by atoms with van der Waals surface area (Å²) in [7, 11) is 1.89. The largest absolute Gasteiger partial charge is 0.372 e. The SMILES string of the molecule is COC(c1c2ccccc2c(-c2c(C)cc(C(C)(C)C)cc2C)c2ccccc12)c1c2ccccc2c(-c2c(C)cc(C(C)(C)C)cc2C)c2ccccc12. The Morgan fingerprint density at radius 2 is 0.600 bits per heavy atom. The van der Waals surface area contributed by atoms with Crippen LogP contribution in [0.15, 0.2) is 121 Å². The smallest absolute Gasteiger partial charge is 0.110 e. The fraction of sp³-hybridized carbons (Fsp3) is 0.259. The number of fused-ring (bicyclic) bond motifs is 4. The molecule has 0 spiro atoms. The van der Waals surface area contributed by atoms with Gasteiger partial charge in [0.2, 0.25) is 0 Å². The van der Waals surface area contributed by atoms with E-state index in [1.165, 1.54) is 110 Å². The van der Waals surface area contributed by atoms with Gasteiger partial charge in [0.1, 0.15) is 6.10 Å². The van der Waals surface area contributed by atoms with Crippen molar-refractivity contribution in [1.29, 1.82) is 0 Å². The van der Waals surface area contributed by atoms with E-state index in [0.717, 1.165) is 0 Å². The summed E-state index contributed by atoms with van der Waals surface area (Å²) < 4.78 is 6.85. The summed E-state index contributed by atoms with van der Waals surface area (Å²) in [6.45, 7) is 22.9. The van der Waals surface area contributed by atoms with Gasteiger partial charge in [-0.25, -0.2) is 0 Å². The third kappa shape index (κ3) is 6.05. The molecule has 0 saturated carbocycles. The highest BCUT2D eigenvalue weighted by molar-refractivity contribution is 6.19. The van der Waals surface area contributed by atoms with Crippen LogP contribution in [0.3, 0.4) is 0 Å². The molecule has 0 N–H and O–H groups in total. The van der Waals surface area contributed by atoms with Crippen LogP contribution in [0.1, 0.15) is 92.2 Å². The van der Waals surface area contributed by atoms with Crippen molar-refractivity contribution < 1.29 is 4.74 Å². The zero-order valence-corrected chi connectivity index (χ0v) is 34.5. The molecule has 55 heavy (non-hydrogen) atoms. The highest BCUT2D eigenvalue weighted by Gasteiger charge is 2.29. The Balaban J connectivity index is 1.47. The maximum Gasteiger partial charge on any atom is 0.110 e.